The molecule has 1 N–H and O–H groups in total. The number of fused-ring (bicyclic) bond motifs is 1. The van der Waals surface area contributed by atoms with E-state index < -0.39 is 22.7 Å². The van der Waals surface area contributed by atoms with Crippen molar-refractivity contribution in [1.29, 1.82) is 0 Å². The van der Waals surface area contributed by atoms with Gasteiger partial charge in [0.2, 0.25) is 0 Å². The van der Waals surface area contributed by atoms with E-state index >= 15 is 0 Å². The molecule has 1 unspecified atom stereocenters. The van der Waals surface area contributed by atoms with E-state index in [2.05, 4.69) is 4.98 Å². The first-order valence-corrected chi connectivity index (χ1v) is 11.1. The number of nitro benzene ring substituents is 1. The van der Waals surface area contributed by atoms with Gasteiger partial charge in [0.25, 0.3) is 11.5 Å². The lowest BCUT2D eigenvalue weighted by molar-refractivity contribution is -0.384. The summed E-state index contributed by atoms with van der Waals surface area (Å²) in [4.78, 5) is 43.1. The number of aliphatic hydroxyl groups is 1. The molecule has 0 bridgehead atoms. The number of amides is 1. The largest absolute Gasteiger partial charge is 0.507 e. The number of hydrogen-bond acceptors (Lipinski definition) is 7. The highest BCUT2D eigenvalue weighted by Gasteiger charge is 2.48. The summed E-state index contributed by atoms with van der Waals surface area (Å²) in [5, 5.41) is 22.8. The van der Waals surface area contributed by atoms with Crippen LogP contribution in [-0.4, -0.2) is 26.7 Å². The Bertz CT molecular complexity index is 1470. The van der Waals surface area contributed by atoms with Crippen LogP contribution in [0.1, 0.15) is 22.7 Å². The van der Waals surface area contributed by atoms with Gasteiger partial charge in [-0.25, -0.2) is 4.98 Å². The van der Waals surface area contributed by atoms with Crippen molar-refractivity contribution in [2.45, 2.75) is 13.0 Å². The summed E-state index contributed by atoms with van der Waals surface area (Å²) >= 11 is 1.22. The predicted molar refractivity (Wildman–Crippen MR) is 129 cm³/mol. The molecule has 1 fully saturated rings. The fourth-order valence-corrected chi connectivity index (χ4v) is 4.98. The first-order chi connectivity index (χ1) is 16.3. The summed E-state index contributed by atoms with van der Waals surface area (Å²) < 4.78 is 0.815. The minimum atomic E-state index is -1.08. The average molecular weight is 471 g/mol. The maximum Gasteiger partial charge on any atom is 0.301 e. The number of non-ortho nitro benzene ring substituents is 1. The molecule has 34 heavy (non-hydrogen) atoms. The van der Waals surface area contributed by atoms with Crippen molar-refractivity contribution in [2.24, 2.45) is 0 Å². The summed E-state index contributed by atoms with van der Waals surface area (Å²) in [6, 6.07) is 18.8. The third kappa shape index (κ3) is 3.52. The van der Waals surface area contributed by atoms with Gasteiger partial charge in [0, 0.05) is 17.7 Å². The number of carbonyl (C=O) groups excluding carboxylic acids is 2. The Kier molecular flexibility index (Phi) is 5.18. The summed E-state index contributed by atoms with van der Waals surface area (Å²) in [6.07, 6.45) is 0. The van der Waals surface area contributed by atoms with Crippen molar-refractivity contribution in [1.82, 2.24) is 4.98 Å². The number of ketones is 1. The molecule has 4 aromatic rings. The number of aromatic nitrogens is 1. The molecule has 5 rings (SSSR count). The molecule has 8 nitrogen and oxygen atoms in total. The number of para-hydroxylation sites is 1. The summed E-state index contributed by atoms with van der Waals surface area (Å²) in [6.45, 7) is 1.89. The topological polar surface area (TPSA) is 114 Å². The van der Waals surface area contributed by atoms with Gasteiger partial charge in [-0.3, -0.25) is 24.6 Å². The van der Waals surface area contributed by atoms with E-state index in [0.717, 1.165) is 10.3 Å². The lowest BCUT2D eigenvalue weighted by atomic mass is 9.95. The maximum absolute atomic E-state index is 13.2. The van der Waals surface area contributed by atoms with Crippen LogP contribution in [0, 0.1) is 17.0 Å². The minimum Gasteiger partial charge on any atom is -0.507 e. The normalized spacial score (nSPS) is 17.4. The molecule has 1 amide bonds. The van der Waals surface area contributed by atoms with Crippen molar-refractivity contribution in [3.05, 3.63) is 105 Å². The van der Waals surface area contributed by atoms with E-state index in [1.807, 2.05) is 25.1 Å². The highest BCUT2D eigenvalue weighted by molar-refractivity contribution is 7.22. The smallest absolute Gasteiger partial charge is 0.301 e. The number of nitro groups is 1. The summed E-state index contributed by atoms with van der Waals surface area (Å²) in [5.74, 6) is -2.09. The molecule has 1 aliphatic heterocycles. The summed E-state index contributed by atoms with van der Waals surface area (Å²) in [5.41, 5.74) is 1.96. The first kappa shape index (κ1) is 21.5. The number of hydrogen-bond donors (Lipinski definition) is 1. The van der Waals surface area contributed by atoms with Gasteiger partial charge < -0.3 is 5.11 Å². The number of anilines is 1. The Morgan fingerprint density at radius 3 is 2.50 bits per heavy atom. The van der Waals surface area contributed by atoms with Crippen molar-refractivity contribution < 1.29 is 19.6 Å². The van der Waals surface area contributed by atoms with Crippen LogP contribution >= 0.6 is 11.3 Å². The van der Waals surface area contributed by atoms with Gasteiger partial charge >= 0.3 is 5.91 Å². The Labute approximate surface area is 197 Å². The van der Waals surface area contributed by atoms with Gasteiger partial charge in [0.15, 0.2) is 5.13 Å². The summed E-state index contributed by atoms with van der Waals surface area (Å²) in [7, 11) is 0. The maximum atomic E-state index is 13.2. The minimum absolute atomic E-state index is 0.145. The van der Waals surface area contributed by atoms with E-state index in [1.165, 1.54) is 34.4 Å². The second kappa shape index (κ2) is 8.20. The Hall–Kier alpha value is -4.37. The van der Waals surface area contributed by atoms with Gasteiger partial charge in [0.1, 0.15) is 5.76 Å². The molecule has 168 valence electrons. The molecule has 0 radical (unpaired) electrons. The van der Waals surface area contributed by atoms with E-state index in [-0.39, 0.29) is 22.2 Å². The number of Topliss-reactive ketones (excluding diaryl/α,β-unsaturated/α-hetero) is 1. The van der Waals surface area contributed by atoms with Crippen molar-refractivity contribution >= 4 is 49.8 Å². The second-order valence-corrected chi connectivity index (χ2v) is 8.86. The Morgan fingerprint density at radius 2 is 1.79 bits per heavy atom. The van der Waals surface area contributed by atoms with Crippen molar-refractivity contribution in [2.75, 3.05) is 4.90 Å². The van der Waals surface area contributed by atoms with Crippen LogP contribution in [0.5, 0.6) is 0 Å². The third-order valence-corrected chi connectivity index (χ3v) is 6.69. The van der Waals surface area contributed by atoms with Crippen LogP contribution in [0.3, 0.4) is 0 Å². The van der Waals surface area contributed by atoms with Crippen molar-refractivity contribution in [3.8, 4) is 0 Å². The molecule has 2 heterocycles. The highest BCUT2D eigenvalue weighted by atomic mass is 32.1. The number of benzene rings is 3. The van der Waals surface area contributed by atoms with Gasteiger partial charge in [-0.2, -0.15) is 0 Å². The van der Waals surface area contributed by atoms with E-state index in [0.29, 0.717) is 16.6 Å². The first-order valence-electron chi connectivity index (χ1n) is 10.3. The lowest BCUT2D eigenvalue weighted by Gasteiger charge is -2.22. The molecule has 0 spiro atoms. The van der Waals surface area contributed by atoms with Gasteiger partial charge in [0.05, 0.1) is 26.8 Å². The molecule has 9 heteroatoms. The number of aliphatic hydroxyl groups excluding tert-OH is 1. The fourth-order valence-electron chi connectivity index (χ4n) is 3.98. The van der Waals surface area contributed by atoms with Crippen LogP contribution in [-0.2, 0) is 9.59 Å². The number of nitrogens with zero attached hydrogens (tertiary/aromatic N) is 3. The van der Waals surface area contributed by atoms with Crippen LogP contribution in [0.2, 0.25) is 0 Å². The van der Waals surface area contributed by atoms with E-state index in [1.54, 1.807) is 36.4 Å². The number of aryl methyl sites for hydroxylation is 1. The molecule has 1 aliphatic rings. The molecule has 0 aliphatic carbocycles. The van der Waals surface area contributed by atoms with E-state index in [9.17, 15) is 24.8 Å². The van der Waals surface area contributed by atoms with E-state index in [4.69, 9.17) is 0 Å². The van der Waals surface area contributed by atoms with Crippen LogP contribution in [0.25, 0.3) is 16.0 Å². The zero-order valence-electron chi connectivity index (χ0n) is 17.8. The van der Waals surface area contributed by atoms with Crippen LogP contribution in [0.15, 0.2) is 78.4 Å². The molecule has 1 saturated heterocycles. The quantitative estimate of drug-likeness (QED) is 0.145. The molecule has 0 saturated carbocycles. The zero-order valence-corrected chi connectivity index (χ0v) is 18.7. The van der Waals surface area contributed by atoms with Crippen LogP contribution in [0.4, 0.5) is 10.8 Å². The molecular formula is C25H17N3O5S. The van der Waals surface area contributed by atoms with Gasteiger partial charge in [-0.05, 0) is 24.6 Å². The Morgan fingerprint density at radius 1 is 1.06 bits per heavy atom. The molecule has 1 atom stereocenters. The third-order valence-electron chi connectivity index (χ3n) is 5.65. The number of thiazole rings is 1. The highest BCUT2D eigenvalue weighted by Crippen LogP contribution is 2.44. The number of carbonyl (C=O) groups is 2. The zero-order chi connectivity index (χ0) is 24.0. The van der Waals surface area contributed by atoms with Gasteiger partial charge in [-0.1, -0.05) is 65.4 Å². The van der Waals surface area contributed by atoms with Crippen LogP contribution < -0.4 is 4.90 Å². The Balaban J connectivity index is 1.75. The molecule has 1 aromatic heterocycles. The number of rotatable bonds is 4. The van der Waals surface area contributed by atoms with Crippen molar-refractivity contribution in [3.63, 3.8) is 0 Å². The fraction of sp³-hybridized carbons (Fsp3) is 0.0800. The average Bonchev–Trinajstić information content (AvgIpc) is 3.37. The molecular weight excluding hydrogens is 454 g/mol. The SMILES string of the molecule is Cc1ccc(/C(O)=C2\C(=O)C(=O)N(c3nc4ccccc4s3)C2c2cccc([N+](=O)[O-])c2)cc1. The monoisotopic (exact) mass is 471 g/mol. The molecule has 3 aromatic carbocycles. The standard InChI is InChI=1S/C25H17N3O5S/c1-14-9-11-15(12-10-14)22(29)20-21(16-5-4-6-17(13-16)28(32)33)27(24(31)23(20)30)25-26-18-7-2-3-8-19(18)34-25/h2-13,21,29H,1H3/b22-20+. The predicted octanol–water partition coefficient (Wildman–Crippen LogP) is 5.14. The lowest BCUT2D eigenvalue weighted by Crippen LogP contribution is -2.29. The second-order valence-electron chi connectivity index (χ2n) is 7.85. The van der Waals surface area contributed by atoms with Gasteiger partial charge in [-0.15, -0.1) is 0 Å².